The Hall–Kier alpha value is -2.45. The number of amides is 2. The number of piperazine rings is 1. The van der Waals surface area contributed by atoms with E-state index in [9.17, 15) is 9.59 Å². The van der Waals surface area contributed by atoms with Crippen LogP contribution in [0.3, 0.4) is 0 Å². The predicted molar refractivity (Wildman–Crippen MR) is 112 cm³/mol. The van der Waals surface area contributed by atoms with Crippen LogP contribution in [0.4, 0.5) is 0 Å². The van der Waals surface area contributed by atoms with Crippen molar-refractivity contribution >= 4 is 23.2 Å². The maximum absolute atomic E-state index is 12.8. The normalized spacial score (nSPS) is 17.6. The van der Waals surface area contributed by atoms with Crippen LogP contribution in [0.5, 0.6) is 5.75 Å². The number of carbonyl (C=O) groups excluding carboxylic acids is 2. The van der Waals surface area contributed by atoms with Gasteiger partial charge in [0.25, 0.3) is 5.91 Å². The van der Waals surface area contributed by atoms with E-state index in [-0.39, 0.29) is 11.8 Å². The van der Waals surface area contributed by atoms with Gasteiger partial charge in [-0.2, -0.15) is 0 Å². The van der Waals surface area contributed by atoms with Crippen molar-refractivity contribution in [2.24, 2.45) is 0 Å². The molecule has 7 nitrogen and oxygen atoms in total. The molecule has 0 radical (unpaired) electrons. The van der Waals surface area contributed by atoms with E-state index in [1.54, 1.807) is 7.11 Å². The van der Waals surface area contributed by atoms with Gasteiger partial charge in [0.1, 0.15) is 16.5 Å². The molecule has 154 valence electrons. The van der Waals surface area contributed by atoms with Crippen LogP contribution in [-0.4, -0.2) is 84.4 Å². The molecule has 0 saturated carbocycles. The standard InChI is InChI=1S/C21H26N4O3S/c1-28-17-6-4-16(5-7-17)20-22-18(15-29-20)21(27)25-12-10-23(11-13-25)14-19(26)24-8-2-3-9-24/h4-7,15H,2-3,8-14H2,1H3. The maximum atomic E-state index is 12.8. The van der Waals surface area contributed by atoms with Gasteiger partial charge in [-0.05, 0) is 37.1 Å². The summed E-state index contributed by atoms with van der Waals surface area (Å²) in [4.78, 5) is 35.6. The van der Waals surface area contributed by atoms with Crippen LogP contribution >= 0.6 is 11.3 Å². The third-order valence-electron chi connectivity index (χ3n) is 5.54. The van der Waals surface area contributed by atoms with Crippen molar-refractivity contribution in [1.29, 1.82) is 0 Å². The summed E-state index contributed by atoms with van der Waals surface area (Å²) in [6, 6.07) is 7.67. The van der Waals surface area contributed by atoms with Crippen LogP contribution in [0, 0.1) is 0 Å². The number of carbonyl (C=O) groups is 2. The molecule has 2 aliphatic rings. The average molecular weight is 415 g/mol. The maximum Gasteiger partial charge on any atom is 0.273 e. The third-order valence-corrected chi connectivity index (χ3v) is 6.43. The van der Waals surface area contributed by atoms with E-state index >= 15 is 0 Å². The minimum Gasteiger partial charge on any atom is -0.497 e. The van der Waals surface area contributed by atoms with Crippen molar-refractivity contribution in [2.45, 2.75) is 12.8 Å². The van der Waals surface area contributed by atoms with E-state index < -0.39 is 0 Å². The van der Waals surface area contributed by atoms with Gasteiger partial charge in [0.15, 0.2) is 0 Å². The molecule has 0 aliphatic carbocycles. The fourth-order valence-corrected chi connectivity index (χ4v) is 4.57. The second-order valence-corrected chi connectivity index (χ2v) is 8.28. The van der Waals surface area contributed by atoms with Gasteiger partial charge in [0.2, 0.25) is 5.91 Å². The number of rotatable bonds is 5. The SMILES string of the molecule is COc1ccc(-c2nc(C(=O)N3CCN(CC(=O)N4CCCC4)CC3)cs2)cc1. The Kier molecular flexibility index (Phi) is 6.10. The lowest BCUT2D eigenvalue weighted by Crippen LogP contribution is -2.51. The molecule has 2 amide bonds. The summed E-state index contributed by atoms with van der Waals surface area (Å²) in [6.07, 6.45) is 2.22. The number of hydrogen-bond donors (Lipinski definition) is 0. The van der Waals surface area contributed by atoms with E-state index in [1.165, 1.54) is 11.3 Å². The van der Waals surface area contributed by atoms with Gasteiger partial charge >= 0.3 is 0 Å². The molecule has 0 unspecified atom stereocenters. The van der Waals surface area contributed by atoms with Gasteiger partial charge in [-0.25, -0.2) is 4.98 Å². The van der Waals surface area contributed by atoms with Crippen LogP contribution in [0.1, 0.15) is 23.3 Å². The average Bonchev–Trinajstić information content (AvgIpc) is 3.46. The fraction of sp³-hybridized carbons (Fsp3) is 0.476. The summed E-state index contributed by atoms with van der Waals surface area (Å²) in [6.45, 7) is 4.93. The van der Waals surface area contributed by atoms with Gasteiger partial charge in [-0.3, -0.25) is 14.5 Å². The van der Waals surface area contributed by atoms with Gasteiger partial charge < -0.3 is 14.5 Å². The molecule has 0 spiro atoms. The molecule has 3 heterocycles. The molecule has 2 saturated heterocycles. The highest BCUT2D eigenvalue weighted by Crippen LogP contribution is 2.26. The monoisotopic (exact) mass is 414 g/mol. The number of benzene rings is 1. The van der Waals surface area contributed by atoms with Crippen LogP contribution in [0.25, 0.3) is 10.6 Å². The molecule has 2 aliphatic heterocycles. The van der Waals surface area contributed by atoms with Crippen molar-refractivity contribution < 1.29 is 14.3 Å². The van der Waals surface area contributed by atoms with Crippen molar-refractivity contribution in [3.8, 4) is 16.3 Å². The van der Waals surface area contributed by atoms with Crippen molar-refractivity contribution in [1.82, 2.24) is 19.7 Å². The van der Waals surface area contributed by atoms with Crippen molar-refractivity contribution in [3.05, 3.63) is 35.3 Å². The van der Waals surface area contributed by atoms with Crippen LogP contribution < -0.4 is 4.74 Å². The van der Waals surface area contributed by atoms with Gasteiger partial charge in [-0.15, -0.1) is 11.3 Å². The largest absolute Gasteiger partial charge is 0.497 e. The molecule has 4 rings (SSSR count). The molecule has 8 heteroatoms. The Morgan fingerprint density at radius 3 is 2.34 bits per heavy atom. The number of nitrogens with zero attached hydrogens (tertiary/aromatic N) is 4. The molecule has 0 atom stereocenters. The molecule has 2 fully saturated rings. The first-order chi connectivity index (χ1) is 14.1. The summed E-state index contributed by atoms with van der Waals surface area (Å²) < 4.78 is 5.18. The highest BCUT2D eigenvalue weighted by atomic mass is 32.1. The number of aromatic nitrogens is 1. The molecule has 29 heavy (non-hydrogen) atoms. The lowest BCUT2D eigenvalue weighted by Gasteiger charge is -2.34. The van der Waals surface area contributed by atoms with Crippen molar-refractivity contribution in [2.75, 3.05) is 52.9 Å². The van der Waals surface area contributed by atoms with Crippen LogP contribution in [0.15, 0.2) is 29.6 Å². The quantitative estimate of drug-likeness (QED) is 0.751. The lowest BCUT2D eigenvalue weighted by atomic mass is 10.2. The Labute approximate surface area is 174 Å². The molecule has 1 aromatic carbocycles. The molecule has 0 bridgehead atoms. The molecule has 1 aromatic heterocycles. The number of hydrogen-bond acceptors (Lipinski definition) is 6. The van der Waals surface area contributed by atoms with Gasteiger partial charge in [-0.1, -0.05) is 0 Å². The second kappa shape index (κ2) is 8.92. The van der Waals surface area contributed by atoms with E-state index in [0.29, 0.717) is 25.3 Å². The summed E-state index contributed by atoms with van der Waals surface area (Å²) >= 11 is 1.47. The summed E-state index contributed by atoms with van der Waals surface area (Å²) in [5.74, 6) is 0.972. The first-order valence-corrected chi connectivity index (χ1v) is 10.9. The number of thiazole rings is 1. The summed E-state index contributed by atoms with van der Waals surface area (Å²) in [7, 11) is 1.64. The first-order valence-electron chi connectivity index (χ1n) is 10.0. The van der Waals surface area contributed by atoms with E-state index in [1.807, 2.05) is 39.4 Å². The number of ether oxygens (including phenoxy) is 1. The summed E-state index contributed by atoms with van der Waals surface area (Å²) in [5, 5.41) is 2.65. The van der Waals surface area contributed by atoms with Crippen LogP contribution in [-0.2, 0) is 4.79 Å². The lowest BCUT2D eigenvalue weighted by molar-refractivity contribution is -0.131. The minimum absolute atomic E-state index is 0.0356. The highest BCUT2D eigenvalue weighted by Gasteiger charge is 2.26. The molecular formula is C21H26N4O3S. The molecule has 2 aromatic rings. The Bertz CT molecular complexity index is 853. The third kappa shape index (κ3) is 4.59. The van der Waals surface area contributed by atoms with Crippen molar-refractivity contribution in [3.63, 3.8) is 0 Å². The van der Waals surface area contributed by atoms with Gasteiger partial charge in [0.05, 0.1) is 13.7 Å². The predicted octanol–water partition coefficient (Wildman–Crippen LogP) is 2.20. The van der Waals surface area contributed by atoms with E-state index in [0.717, 1.165) is 55.3 Å². The highest BCUT2D eigenvalue weighted by molar-refractivity contribution is 7.13. The summed E-state index contributed by atoms with van der Waals surface area (Å²) in [5.41, 5.74) is 1.46. The Balaban J connectivity index is 1.31. The van der Waals surface area contributed by atoms with Gasteiger partial charge in [0, 0.05) is 50.2 Å². The number of methoxy groups -OCH3 is 1. The second-order valence-electron chi connectivity index (χ2n) is 7.42. The smallest absolute Gasteiger partial charge is 0.273 e. The van der Waals surface area contributed by atoms with E-state index in [2.05, 4.69) is 9.88 Å². The minimum atomic E-state index is -0.0356. The zero-order valence-electron chi connectivity index (χ0n) is 16.7. The molecular weight excluding hydrogens is 388 g/mol. The first kappa shape index (κ1) is 19.8. The molecule has 0 N–H and O–H groups in total. The topological polar surface area (TPSA) is 66.0 Å². The zero-order valence-corrected chi connectivity index (χ0v) is 17.5. The fourth-order valence-electron chi connectivity index (χ4n) is 3.77. The number of likely N-dealkylation sites (tertiary alicyclic amines) is 1. The van der Waals surface area contributed by atoms with Crippen LogP contribution in [0.2, 0.25) is 0 Å². The Morgan fingerprint density at radius 1 is 1.00 bits per heavy atom. The zero-order chi connectivity index (χ0) is 20.2. The Morgan fingerprint density at radius 2 is 1.69 bits per heavy atom. The van der Waals surface area contributed by atoms with E-state index in [4.69, 9.17) is 4.74 Å².